The topological polar surface area (TPSA) is 92.9 Å². The van der Waals surface area contributed by atoms with Gasteiger partial charge in [0.15, 0.2) is 0 Å². The van der Waals surface area contributed by atoms with E-state index in [2.05, 4.69) is 32.4 Å². The minimum absolute atomic E-state index is 0.149. The smallest absolute Gasteiger partial charge is 0.274 e. The molecule has 0 saturated heterocycles. The van der Waals surface area contributed by atoms with Crippen LogP contribution < -0.4 is 10.9 Å². The Bertz CT molecular complexity index is 1140. The summed E-state index contributed by atoms with van der Waals surface area (Å²) in [5.41, 5.74) is 3.63. The first-order valence-corrected chi connectivity index (χ1v) is 9.45. The molecule has 3 aromatic heterocycles. The van der Waals surface area contributed by atoms with E-state index in [4.69, 9.17) is 0 Å². The van der Waals surface area contributed by atoms with Crippen molar-refractivity contribution in [3.05, 3.63) is 64.2 Å². The maximum atomic E-state index is 12.3. The summed E-state index contributed by atoms with van der Waals surface area (Å²) in [5.74, 6) is 0.885. The summed E-state index contributed by atoms with van der Waals surface area (Å²) in [6.07, 6.45) is 2.85. The average Bonchev–Trinajstić information content (AvgIpc) is 3.29. The van der Waals surface area contributed by atoms with Gasteiger partial charge in [-0.2, -0.15) is 14.6 Å². The van der Waals surface area contributed by atoms with Crippen LogP contribution in [0.25, 0.3) is 17.0 Å². The van der Waals surface area contributed by atoms with E-state index in [0.29, 0.717) is 18.3 Å². The lowest BCUT2D eigenvalue weighted by molar-refractivity contribution is 0.721. The van der Waals surface area contributed by atoms with Gasteiger partial charge in [-0.25, -0.2) is 4.98 Å². The highest BCUT2D eigenvalue weighted by molar-refractivity contribution is 5.59. The fraction of sp³-hybridized carbons (Fsp3) is 0.300. The molecule has 0 aliphatic rings. The fourth-order valence-electron chi connectivity index (χ4n) is 3.09. The van der Waals surface area contributed by atoms with Crippen molar-refractivity contribution in [1.82, 2.24) is 29.4 Å². The number of aryl methyl sites for hydroxylation is 2. The van der Waals surface area contributed by atoms with Gasteiger partial charge in [-0.05, 0) is 18.9 Å². The van der Waals surface area contributed by atoms with Gasteiger partial charge in [0.1, 0.15) is 0 Å². The van der Waals surface area contributed by atoms with Crippen molar-refractivity contribution in [3.63, 3.8) is 0 Å². The first-order chi connectivity index (χ1) is 13.6. The maximum Gasteiger partial charge on any atom is 0.274 e. The Labute approximate surface area is 162 Å². The third-order valence-electron chi connectivity index (χ3n) is 4.65. The van der Waals surface area contributed by atoms with Gasteiger partial charge in [-0.1, -0.05) is 43.7 Å². The second-order valence-corrected chi connectivity index (χ2v) is 6.76. The number of rotatable bonds is 7. The summed E-state index contributed by atoms with van der Waals surface area (Å²) >= 11 is 0. The predicted molar refractivity (Wildman–Crippen MR) is 108 cm³/mol. The van der Waals surface area contributed by atoms with E-state index < -0.39 is 0 Å². The molecule has 0 radical (unpaired) electrons. The first kappa shape index (κ1) is 18.0. The Morgan fingerprint density at radius 2 is 1.96 bits per heavy atom. The number of benzene rings is 1. The lowest BCUT2D eigenvalue weighted by Crippen LogP contribution is -2.16. The molecule has 0 bridgehead atoms. The molecular weight excluding hydrogens is 354 g/mol. The van der Waals surface area contributed by atoms with Crippen LogP contribution in [0.5, 0.6) is 0 Å². The van der Waals surface area contributed by atoms with E-state index >= 15 is 0 Å². The summed E-state index contributed by atoms with van der Waals surface area (Å²) < 4.78 is 3.20. The van der Waals surface area contributed by atoms with Crippen molar-refractivity contribution in [2.75, 3.05) is 5.32 Å². The van der Waals surface area contributed by atoms with Crippen molar-refractivity contribution in [1.29, 1.82) is 0 Å². The minimum atomic E-state index is -0.149. The lowest BCUT2D eigenvalue weighted by atomic mass is 10.1. The van der Waals surface area contributed by atoms with Crippen LogP contribution in [0.4, 0.5) is 5.95 Å². The van der Waals surface area contributed by atoms with Gasteiger partial charge in [-0.3, -0.25) is 14.6 Å². The molecule has 3 heterocycles. The molecule has 4 aromatic rings. The number of nitrogens with one attached hydrogen (secondary N) is 2. The van der Waals surface area contributed by atoms with Gasteiger partial charge in [0, 0.05) is 18.7 Å². The zero-order valence-corrected chi connectivity index (χ0v) is 16.0. The molecule has 0 atom stereocenters. The highest BCUT2D eigenvalue weighted by Gasteiger charge is 2.10. The summed E-state index contributed by atoms with van der Waals surface area (Å²) in [7, 11) is 1.91. The number of hydrogen-bond donors (Lipinski definition) is 2. The number of nitrogens with zero attached hydrogens (tertiary/aromatic N) is 5. The molecule has 0 saturated carbocycles. The van der Waals surface area contributed by atoms with E-state index in [-0.39, 0.29) is 5.56 Å². The first-order valence-electron chi connectivity index (χ1n) is 9.45. The number of unbranched alkanes of at least 4 members (excludes halogenated alkanes) is 1. The molecular formula is C20H23N7O. The zero-order chi connectivity index (χ0) is 19.5. The summed E-state index contributed by atoms with van der Waals surface area (Å²) in [4.78, 5) is 21.2. The molecule has 0 spiro atoms. The molecule has 0 amide bonds. The number of fused-ring (bicyclic) bond motifs is 1. The summed E-state index contributed by atoms with van der Waals surface area (Å²) in [6, 6.07) is 13.7. The van der Waals surface area contributed by atoms with Crippen molar-refractivity contribution in [2.45, 2.75) is 32.7 Å². The second-order valence-electron chi connectivity index (χ2n) is 6.76. The molecule has 0 aliphatic carbocycles. The third-order valence-corrected chi connectivity index (χ3v) is 4.65. The number of aromatic nitrogens is 6. The molecule has 28 heavy (non-hydrogen) atoms. The number of aromatic amines is 1. The third kappa shape index (κ3) is 3.66. The normalized spacial score (nSPS) is 11.2. The van der Waals surface area contributed by atoms with E-state index in [0.717, 1.165) is 41.9 Å². The van der Waals surface area contributed by atoms with Crippen LogP contribution in [0.1, 0.15) is 31.2 Å². The van der Waals surface area contributed by atoms with Crippen LogP contribution in [-0.2, 0) is 20.0 Å². The Balaban J connectivity index is 1.52. The zero-order valence-electron chi connectivity index (χ0n) is 16.0. The van der Waals surface area contributed by atoms with E-state index in [9.17, 15) is 4.79 Å². The van der Waals surface area contributed by atoms with Gasteiger partial charge in [0.2, 0.25) is 5.95 Å². The van der Waals surface area contributed by atoms with Gasteiger partial charge in [0.25, 0.3) is 11.3 Å². The van der Waals surface area contributed by atoms with Crippen LogP contribution in [-0.4, -0.2) is 29.4 Å². The van der Waals surface area contributed by atoms with Crippen molar-refractivity contribution >= 4 is 11.7 Å². The maximum absolute atomic E-state index is 12.3. The molecule has 2 N–H and O–H groups in total. The van der Waals surface area contributed by atoms with E-state index in [1.54, 1.807) is 6.07 Å². The molecule has 0 unspecified atom stereocenters. The SMILES string of the molecule is CCCCc1cc(=O)n2[nH]c(NCc3cc(-c4ccccc4)nn3C)nc2n1. The van der Waals surface area contributed by atoms with Gasteiger partial charge >= 0.3 is 0 Å². The Morgan fingerprint density at radius 3 is 2.75 bits per heavy atom. The molecule has 0 fully saturated rings. The molecule has 1 aromatic carbocycles. The fourth-order valence-corrected chi connectivity index (χ4v) is 3.09. The van der Waals surface area contributed by atoms with Gasteiger partial charge < -0.3 is 5.32 Å². The average molecular weight is 377 g/mol. The number of H-pyrrole nitrogens is 1. The summed E-state index contributed by atoms with van der Waals surface area (Å²) in [5, 5.41) is 10.8. The van der Waals surface area contributed by atoms with Crippen molar-refractivity contribution in [2.24, 2.45) is 7.05 Å². The van der Waals surface area contributed by atoms with Crippen molar-refractivity contribution in [3.8, 4) is 11.3 Å². The molecule has 8 heteroatoms. The van der Waals surface area contributed by atoms with Crippen LogP contribution in [0, 0.1) is 0 Å². The Hall–Kier alpha value is -3.42. The predicted octanol–water partition coefficient (Wildman–Crippen LogP) is 2.77. The quantitative estimate of drug-likeness (QED) is 0.517. The Morgan fingerprint density at radius 1 is 1.14 bits per heavy atom. The number of hydrogen-bond acceptors (Lipinski definition) is 5. The standard InChI is InChI=1S/C20H23N7O/c1-3-4-10-15-11-18(28)27-20(22-15)23-19(25-27)21-13-16-12-17(24-26(16)2)14-8-6-5-7-9-14/h5-9,11-12H,3-4,10,13H2,1-2H3,(H2,21,22,23,25). The van der Waals surface area contributed by atoms with Crippen molar-refractivity contribution < 1.29 is 0 Å². The monoisotopic (exact) mass is 377 g/mol. The highest BCUT2D eigenvalue weighted by atomic mass is 16.1. The van der Waals surface area contributed by atoms with Crippen LogP contribution >= 0.6 is 0 Å². The number of anilines is 1. The highest BCUT2D eigenvalue weighted by Crippen LogP contribution is 2.18. The molecule has 0 aliphatic heterocycles. The second kappa shape index (κ2) is 7.67. The molecule has 4 rings (SSSR count). The van der Waals surface area contributed by atoms with Gasteiger partial charge in [-0.15, -0.1) is 0 Å². The lowest BCUT2D eigenvalue weighted by Gasteiger charge is -2.02. The summed E-state index contributed by atoms with van der Waals surface area (Å²) in [6.45, 7) is 2.64. The van der Waals surface area contributed by atoms with Crippen LogP contribution in [0.2, 0.25) is 0 Å². The largest absolute Gasteiger partial charge is 0.349 e. The molecule has 144 valence electrons. The minimum Gasteiger partial charge on any atom is -0.349 e. The molecule has 8 nitrogen and oxygen atoms in total. The van der Waals surface area contributed by atoms with E-state index in [1.807, 2.05) is 48.1 Å². The van der Waals surface area contributed by atoms with Crippen LogP contribution in [0.15, 0.2) is 47.3 Å². The van der Waals surface area contributed by atoms with Gasteiger partial charge in [0.05, 0.1) is 23.6 Å². The van der Waals surface area contributed by atoms with Crippen LogP contribution in [0.3, 0.4) is 0 Å². The van der Waals surface area contributed by atoms with E-state index in [1.165, 1.54) is 4.52 Å². The Kier molecular flexibility index (Phi) is 4.92.